The monoisotopic (exact) mass is 368 g/mol. The molecule has 0 aliphatic heterocycles. The highest BCUT2D eigenvalue weighted by Crippen LogP contribution is 2.36. The van der Waals surface area contributed by atoms with E-state index in [1.54, 1.807) is 11.3 Å². The molecule has 0 radical (unpaired) electrons. The molecular formula is C22H24O3S. The Labute approximate surface area is 157 Å². The van der Waals surface area contributed by atoms with Gasteiger partial charge in [0.15, 0.2) is 0 Å². The fraction of sp³-hybridized carbons (Fsp3) is 0.409. The van der Waals surface area contributed by atoms with Crippen LogP contribution >= 0.6 is 11.3 Å². The summed E-state index contributed by atoms with van der Waals surface area (Å²) in [6.45, 7) is 2.14. The van der Waals surface area contributed by atoms with Crippen LogP contribution in [0, 0.1) is 0 Å². The number of fused-ring (bicyclic) bond motifs is 2. The molecule has 2 heterocycles. The second kappa shape index (κ2) is 7.28. The molecule has 0 fully saturated rings. The van der Waals surface area contributed by atoms with Gasteiger partial charge in [0.05, 0.1) is 5.56 Å². The van der Waals surface area contributed by atoms with Crippen molar-refractivity contribution in [3.05, 3.63) is 62.0 Å². The van der Waals surface area contributed by atoms with E-state index in [4.69, 9.17) is 4.42 Å². The van der Waals surface area contributed by atoms with Crippen LogP contribution < -0.4 is 5.63 Å². The van der Waals surface area contributed by atoms with Gasteiger partial charge in [-0.25, -0.2) is 4.79 Å². The number of aromatic hydroxyl groups is 1. The van der Waals surface area contributed by atoms with Crippen molar-refractivity contribution in [3.63, 3.8) is 0 Å². The van der Waals surface area contributed by atoms with E-state index in [0.29, 0.717) is 17.7 Å². The Morgan fingerprint density at radius 1 is 1.08 bits per heavy atom. The van der Waals surface area contributed by atoms with E-state index in [-0.39, 0.29) is 11.4 Å². The number of aryl methyl sites for hydroxylation is 2. The minimum atomic E-state index is -0.374. The van der Waals surface area contributed by atoms with E-state index in [1.807, 2.05) is 6.07 Å². The highest BCUT2D eigenvalue weighted by molar-refractivity contribution is 7.19. The van der Waals surface area contributed by atoms with Gasteiger partial charge in [-0.2, -0.15) is 0 Å². The van der Waals surface area contributed by atoms with Gasteiger partial charge < -0.3 is 9.52 Å². The van der Waals surface area contributed by atoms with E-state index < -0.39 is 0 Å². The second-order valence-electron chi connectivity index (χ2n) is 7.06. The molecule has 3 aromatic rings. The molecule has 0 atom stereocenters. The zero-order valence-electron chi connectivity index (χ0n) is 15.1. The molecule has 1 aromatic carbocycles. The van der Waals surface area contributed by atoms with Crippen molar-refractivity contribution in [1.29, 1.82) is 0 Å². The van der Waals surface area contributed by atoms with Crippen LogP contribution in [0.5, 0.6) is 5.75 Å². The molecule has 0 bridgehead atoms. The number of hydrogen-bond acceptors (Lipinski definition) is 4. The van der Waals surface area contributed by atoms with Gasteiger partial charge in [-0.15, -0.1) is 11.3 Å². The first kappa shape index (κ1) is 17.3. The molecule has 0 spiro atoms. The van der Waals surface area contributed by atoms with Crippen LogP contribution in [0.15, 0.2) is 33.5 Å². The Kier molecular flexibility index (Phi) is 4.86. The van der Waals surface area contributed by atoms with Crippen LogP contribution in [0.1, 0.15) is 59.9 Å². The molecule has 0 saturated heterocycles. The van der Waals surface area contributed by atoms with E-state index in [0.717, 1.165) is 49.0 Å². The van der Waals surface area contributed by atoms with Crippen LogP contribution in [0.4, 0.5) is 0 Å². The Hall–Kier alpha value is -2.07. The Morgan fingerprint density at radius 2 is 1.85 bits per heavy atom. The lowest BCUT2D eigenvalue weighted by Gasteiger charge is -2.15. The van der Waals surface area contributed by atoms with Gasteiger partial charge in [-0.1, -0.05) is 38.0 Å². The quantitative estimate of drug-likeness (QED) is 0.676. The summed E-state index contributed by atoms with van der Waals surface area (Å²) in [4.78, 5) is 13.8. The van der Waals surface area contributed by atoms with E-state index in [9.17, 15) is 9.90 Å². The lowest BCUT2D eigenvalue weighted by Crippen LogP contribution is -2.14. The molecule has 1 aliphatic carbocycles. The fourth-order valence-corrected chi connectivity index (χ4v) is 5.35. The third-order valence-electron chi connectivity index (χ3n) is 5.42. The van der Waals surface area contributed by atoms with Gasteiger partial charge in [0.2, 0.25) is 0 Å². The summed E-state index contributed by atoms with van der Waals surface area (Å²) in [5, 5.41) is 12.1. The summed E-state index contributed by atoms with van der Waals surface area (Å²) in [5.41, 5.74) is 2.18. The normalized spacial score (nSPS) is 14.8. The van der Waals surface area contributed by atoms with Crippen molar-refractivity contribution in [2.24, 2.45) is 0 Å². The molecule has 4 heteroatoms. The van der Waals surface area contributed by atoms with Crippen LogP contribution in [0.25, 0.3) is 10.1 Å². The smallest absolute Gasteiger partial charge is 0.343 e. The van der Waals surface area contributed by atoms with Crippen LogP contribution in [0.3, 0.4) is 0 Å². The first-order valence-electron chi connectivity index (χ1n) is 9.55. The van der Waals surface area contributed by atoms with Crippen molar-refractivity contribution >= 4 is 21.4 Å². The summed E-state index contributed by atoms with van der Waals surface area (Å²) in [5.74, 6) is 0.876. The van der Waals surface area contributed by atoms with Crippen molar-refractivity contribution in [2.75, 3.05) is 0 Å². The van der Waals surface area contributed by atoms with Gasteiger partial charge in [0.1, 0.15) is 11.5 Å². The van der Waals surface area contributed by atoms with Crippen LogP contribution in [0.2, 0.25) is 0 Å². The van der Waals surface area contributed by atoms with Crippen LogP contribution in [-0.2, 0) is 25.7 Å². The number of hydrogen-bond donors (Lipinski definition) is 1. The zero-order valence-corrected chi connectivity index (χ0v) is 16.0. The Balaban J connectivity index is 1.79. The van der Waals surface area contributed by atoms with Gasteiger partial charge in [0.25, 0.3) is 0 Å². The summed E-state index contributed by atoms with van der Waals surface area (Å²) in [6.07, 6.45) is 7.30. The average molecular weight is 368 g/mol. The summed E-state index contributed by atoms with van der Waals surface area (Å²) in [6, 6.07) is 8.34. The minimum Gasteiger partial charge on any atom is -0.507 e. The number of thiophene rings is 1. The summed E-state index contributed by atoms with van der Waals surface area (Å²) >= 11 is 1.71. The van der Waals surface area contributed by atoms with Crippen LogP contribution in [-0.4, -0.2) is 5.11 Å². The molecule has 1 N–H and O–H groups in total. The molecule has 0 amide bonds. The topological polar surface area (TPSA) is 50.4 Å². The molecule has 2 aromatic heterocycles. The fourth-order valence-electron chi connectivity index (χ4n) is 4.04. The lowest BCUT2D eigenvalue weighted by molar-refractivity contribution is 0.390. The predicted octanol–water partition coefficient (Wildman–Crippen LogP) is 5.37. The average Bonchev–Trinajstić information content (AvgIpc) is 2.97. The van der Waals surface area contributed by atoms with E-state index in [1.165, 1.54) is 22.1 Å². The van der Waals surface area contributed by atoms with Gasteiger partial charge in [-0.05, 0) is 42.7 Å². The molecule has 4 rings (SSSR count). The van der Waals surface area contributed by atoms with E-state index >= 15 is 0 Å². The van der Waals surface area contributed by atoms with E-state index in [2.05, 4.69) is 25.1 Å². The molecule has 136 valence electrons. The zero-order chi connectivity index (χ0) is 18.1. The third-order valence-corrected chi connectivity index (χ3v) is 6.64. The maximum absolute atomic E-state index is 12.6. The SMILES string of the molecule is CCc1c(Cc2c(O)c3c(oc2=O)CCCCCC3)sc2ccccc12. The van der Waals surface area contributed by atoms with Gasteiger partial charge >= 0.3 is 5.63 Å². The van der Waals surface area contributed by atoms with Crippen molar-refractivity contribution in [1.82, 2.24) is 0 Å². The first-order chi connectivity index (χ1) is 12.7. The molecule has 0 saturated carbocycles. The number of benzene rings is 1. The van der Waals surface area contributed by atoms with Gasteiger partial charge in [-0.3, -0.25) is 0 Å². The number of rotatable bonds is 3. The minimum absolute atomic E-state index is 0.178. The van der Waals surface area contributed by atoms with Gasteiger partial charge in [0, 0.05) is 28.0 Å². The summed E-state index contributed by atoms with van der Waals surface area (Å²) < 4.78 is 6.89. The molecular weight excluding hydrogens is 344 g/mol. The van der Waals surface area contributed by atoms with Crippen molar-refractivity contribution < 1.29 is 9.52 Å². The highest BCUT2D eigenvalue weighted by Gasteiger charge is 2.22. The predicted molar refractivity (Wildman–Crippen MR) is 107 cm³/mol. The Morgan fingerprint density at radius 3 is 2.65 bits per heavy atom. The largest absolute Gasteiger partial charge is 0.507 e. The maximum atomic E-state index is 12.6. The standard InChI is InChI=1S/C22H24O3S/c1-2-14-15-9-7-8-12-19(15)26-20(14)13-17-21(23)16-10-5-3-4-6-11-18(16)25-22(17)24/h7-9,12,23H,2-6,10-11,13H2,1H3. The third kappa shape index (κ3) is 3.07. The molecule has 26 heavy (non-hydrogen) atoms. The van der Waals surface area contributed by atoms with Crippen molar-refractivity contribution in [2.45, 2.75) is 58.3 Å². The molecule has 3 nitrogen and oxygen atoms in total. The van der Waals surface area contributed by atoms with Crippen molar-refractivity contribution in [3.8, 4) is 5.75 Å². The molecule has 0 unspecified atom stereocenters. The maximum Gasteiger partial charge on any atom is 0.343 e. The summed E-state index contributed by atoms with van der Waals surface area (Å²) in [7, 11) is 0. The Bertz CT molecular complexity index is 997. The second-order valence-corrected chi connectivity index (χ2v) is 8.20. The highest BCUT2D eigenvalue weighted by atomic mass is 32.1. The molecule has 1 aliphatic rings. The lowest BCUT2D eigenvalue weighted by atomic mass is 9.95. The first-order valence-corrected chi connectivity index (χ1v) is 10.4.